The van der Waals surface area contributed by atoms with Crippen molar-refractivity contribution in [1.82, 2.24) is 20.2 Å². The maximum Gasteiger partial charge on any atom is 0.490 e. The normalized spacial score (nSPS) is 17.7. The minimum absolute atomic E-state index is 0.0409. The molecule has 81 heavy (non-hydrogen) atoms. The number of aromatic nitrogens is 2. The molecule has 3 aliphatic rings. The molecule has 432 valence electrons. The van der Waals surface area contributed by atoms with Gasteiger partial charge in [-0.2, -0.15) is 8.62 Å². The zero-order valence-corrected chi connectivity index (χ0v) is 46.1. The summed E-state index contributed by atoms with van der Waals surface area (Å²) in [5.41, 5.74) is 2.13. The average Bonchev–Trinajstić information content (AvgIpc) is 3.96. The molecule has 1 fully saturated rings. The van der Waals surface area contributed by atoms with Crippen molar-refractivity contribution in [2.75, 3.05) is 31.6 Å². The monoisotopic (exact) mass is 1190 g/mol. The van der Waals surface area contributed by atoms with Gasteiger partial charge in [-0.15, -0.1) is 0 Å². The smallest absolute Gasteiger partial charge is 0.478 e. The first-order valence-corrected chi connectivity index (χ1v) is 28.9. The zero-order valence-electron chi connectivity index (χ0n) is 43.5. The van der Waals surface area contributed by atoms with Crippen LogP contribution >= 0.6 is 23.5 Å². The van der Waals surface area contributed by atoms with Gasteiger partial charge in [0, 0.05) is 84.8 Å². The molecule has 6 atom stereocenters. The van der Waals surface area contributed by atoms with Gasteiger partial charge < -0.3 is 59.6 Å². The number of amides is 2. The number of phosphoric acid groups is 3. The van der Waals surface area contributed by atoms with E-state index >= 15 is 0 Å². The number of aliphatic hydroxyl groups excluding tert-OH is 1. The first-order chi connectivity index (χ1) is 38.1. The number of alkyl carbamates (subject to hydrolysis) is 1. The molecule has 7 rings (SSSR count). The number of carboxylic acid groups (broad SMARTS) is 1. The van der Waals surface area contributed by atoms with E-state index in [1.54, 1.807) is 6.07 Å². The highest BCUT2D eigenvalue weighted by Crippen LogP contribution is 2.66. The van der Waals surface area contributed by atoms with Crippen LogP contribution in [0.4, 0.5) is 16.2 Å². The van der Waals surface area contributed by atoms with Gasteiger partial charge in [0.1, 0.15) is 29.8 Å². The van der Waals surface area contributed by atoms with Crippen molar-refractivity contribution in [3.8, 4) is 22.5 Å². The Morgan fingerprint density at radius 1 is 0.963 bits per heavy atom. The van der Waals surface area contributed by atoms with E-state index in [1.165, 1.54) is 55.5 Å². The lowest BCUT2D eigenvalue weighted by molar-refractivity contribution is -0.386. The van der Waals surface area contributed by atoms with Crippen LogP contribution in [0.25, 0.3) is 39.5 Å². The summed E-state index contributed by atoms with van der Waals surface area (Å²) in [5.74, 6) is -1.41. The summed E-state index contributed by atoms with van der Waals surface area (Å²) in [7, 11) is -17.1. The zero-order chi connectivity index (χ0) is 59.3. The number of hydrogen-bond donors (Lipinski definition) is 10. The number of hydrogen-bond acceptors (Lipinski definition) is 19. The van der Waals surface area contributed by atoms with Crippen molar-refractivity contribution < 1.29 is 89.8 Å². The molecule has 2 amide bonds. The van der Waals surface area contributed by atoms with Gasteiger partial charge in [-0.25, -0.2) is 28.1 Å². The van der Waals surface area contributed by atoms with Crippen LogP contribution in [0.15, 0.2) is 91.9 Å². The molecule has 3 unspecified atom stereocenters. The molecule has 3 heterocycles. The molecule has 0 bridgehead atoms. The number of nitrogens with one attached hydrogen (secondary N) is 4. The van der Waals surface area contributed by atoms with Crippen LogP contribution < -0.4 is 32.6 Å². The molecule has 0 radical (unpaired) electrons. The fourth-order valence-electron chi connectivity index (χ4n) is 8.70. The second-order valence-electron chi connectivity index (χ2n) is 18.1. The number of aromatic amines is 1. The number of carbonyl (C=O) groups is 3. The number of aromatic carboxylic acids is 1. The first-order valence-electron chi connectivity index (χ1n) is 24.3. The third-order valence-corrected chi connectivity index (χ3v) is 16.1. The fraction of sp³-hybridized carbons (Fsp3) is 0.306. The highest BCUT2D eigenvalue weighted by atomic mass is 31.3. The van der Waals surface area contributed by atoms with Crippen molar-refractivity contribution in [1.29, 1.82) is 0 Å². The number of benzene rings is 4. The van der Waals surface area contributed by atoms with E-state index in [2.05, 4.69) is 34.1 Å². The van der Waals surface area contributed by atoms with Crippen molar-refractivity contribution in [2.45, 2.75) is 72.1 Å². The topological polar surface area (TPSA) is 430 Å². The van der Waals surface area contributed by atoms with E-state index in [9.17, 15) is 67.8 Å². The average molecular weight is 1190 g/mol. The molecule has 32 heteroatoms. The minimum atomic E-state index is -5.84. The van der Waals surface area contributed by atoms with Crippen LogP contribution in [0.3, 0.4) is 0 Å². The molecule has 29 nitrogen and oxygen atoms in total. The van der Waals surface area contributed by atoms with Gasteiger partial charge in [0.05, 0.1) is 39.7 Å². The number of anilines is 1. The Labute approximate surface area is 457 Å². The third-order valence-electron chi connectivity index (χ3n) is 12.3. The lowest BCUT2D eigenvalue weighted by atomic mass is 9.88. The van der Waals surface area contributed by atoms with Crippen LogP contribution in [-0.4, -0.2) is 101 Å². The second kappa shape index (κ2) is 25.1. The number of phosphoric ester groups is 1. The van der Waals surface area contributed by atoms with Crippen LogP contribution in [0.2, 0.25) is 0 Å². The number of ether oxygens (including phenoxy) is 2. The van der Waals surface area contributed by atoms with E-state index in [4.69, 9.17) is 23.7 Å². The standard InChI is InChI=1S/C49H54N7O22P3/c1-6-50-36-19-40-34(15-25(36)3)44(35-16-26(4)37(51-7-2)20-41(35)75-40)33-18-29(11-12-31(33)47(60)61)45(58)53-22-28-10-13-38(56(64)65)32(17-28)27(5)74-49(63)52-14-8-9-30-23-55(48(62)54-46(30)59)43-21-39(57)42(76-43)24-73-80(69,70)78-81(71,72)77-79(66,67)68/h8-13,15-20,23,27,39,42-43,50,57H,6-7,14,21-22,24H2,1-5H3,(H,52,63)(H,53,58)(H,60,61)(H,69,70)(H,71,72)(H,54,59,62)(H2,66,67,68)/b9-8+,51-37?/t27?,39-,42+,43+/m0/s1. The maximum absolute atomic E-state index is 14.0. The summed E-state index contributed by atoms with van der Waals surface area (Å²) >= 11 is 0. The number of nitro groups is 1. The Morgan fingerprint density at radius 3 is 2.38 bits per heavy atom. The predicted octanol–water partition coefficient (Wildman–Crippen LogP) is 6.05. The van der Waals surface area contributed by atoms with Gasteiger partial charge in [0.15, 0.2) is 0 Å². The molecule has 10 N–H and O–H groups in total. The summed E-state index contributed by atoms with van der Waals surface area (Å²) in [4.78, 5) is 120. The molecule has 1 aromatic heterocycles. The Morgan fingerprint density at radius 2 is 1.70 bits per heavy atom. The Kier molecular flexibility index (Phi) is 19.0. The van der Waals surface area contributed by atoms with Gasteiger partial charge in [0.2, 0.25) is 0 Å². The summed E-state index contributed by atoms with van der Waals surface area (Å²) < 4.78 is 64.7. The van der Waals surface area contributed by atoms with Crippen molar-refractivity contribution in [2.24, 2.45) is 4.99 Å². The number of nitrogens with zero attached hydrogens (tertiary/aromatic N) is 3. The molecule has 0 saturated carbocycles. The lowest BCUT2D eigenvalue weighted by Gasteiger charge is -2.20. The number of carboxylic acids is 1. The summed E-state index contributed by atoms with van der Waals surface area (Å²) in [6.45, 7) is 8.66. The SMILES string of the molecule is CCN=c1cc2oc3cc(NCC)c(C)cc3c(-c3cc(C(=O)NCc4ccc([N+](=O)[O-])c(C(C)OC(=O)NC/C=C/c5cn([C@H]6C[C@H](O)[C@@H](COP(=O)(O)OP(=O)(O)OP(=O)(O)O)O6)c(=O)[nH]c5=O)c4)ccc3C(=O)O)c-2cc1C. The summed E-state index contributed by atoms with van der Waals surface area (Å²) in [6.07, 6.45) is -3.55. The van der Waals surface area contributed by atoms with Gasteiger partial charge in [-0.3, -0.25) is 38.8 Å². The van der Waals surface area contributed by atoms with Crippen molar-refractivity contribution in [3.05, 3.63) is 148 Å². The van der Waals surface area contributed by atoms with E-state index in [-0.39, 0.29) is 47.3 Å². The summed E-state index contributed by atoms with van der Waals surface area (Å²) in [6, 6.07) is 15.6. The molecule has 3 aromatic carbocycles. The highest BCUT2D eigenvalue weighted by Gasteiger charge is 2.43. The van der Waals surface area contributed by atoms with Crippen LogP contribution in [0, 0.1) is 24.0 Å². The van der Waals surface area contributed by atoms with E-state index < -0.39 is 94.4 Å². The van der Waals surface area contributed by atoms with Crippen molar-refractivity contribution >= 4 is 69.9 Å². The first kappa shape index (κ1) is 61.1. The molecular weight excluding hydrogens is 1130 g/mol. The Hall–Kier alpha value is -7.49. The molecular formula is C49H54N7O22P3. The van der Waals surface area contributed by atoms with Gasteiger partial charge >= 0.3 is 41.2 Å². The minimum Gasteiger partial charge on any atom is -0.478 e. The maximum atomic E-state index is 14.0. The van der Waals surface area contributed by atoms with Crippen molar-refractivity contribution in [3.63, 3.8) is 0 Å². The molecule has 4 aromatic rings. The lowest BCUT2D eigenvalue weighted by Crippen LogP contribution is -2.33. The second-order valence-corrected chi connectivity index (χ2v) is 22.5. The molecule has 0 spiro atoms. The van der Waals surface area contributed by atoms with Gasteiger partial charge in [-0.05, 0) is 93.3 Å². The van der Waals surface area contributed by atoms with E-state index in [1.807, 2.05) is 50.9 Å². The predicted molar refractivity (Wildman–Crippen MR) is 287 cm³/mol. The number of nitro benzene ring substituents is 1. The molecule has 1 saturated heterocycles. The number of H-pyrrole nitrogens is 1. The number of carbonyl (C=O) groups excluding carboxylic acids is 2. The Balaban J connectivity index is 1.02. The van der Waals surface area contributed by atoms with Gasteiger partial charge in [-0.1, -0.05) is 18.2 Å². The van der Waals surface area contributed by atoms with Crippen LogP contribution in [0.1, 0.15) is 88.1 Å². The molecule has 1 aliphatic carbocycles. The number of fused-ring (bicyclic) bond motifs is 2. The third kappa shape index (κ3) is 15.1. The van der Waals surface area contributed by atoms with Crippen LogP contribution in [0.5, 0.6) is 0 Å². The Bertz CT molecular complexity index is 3800. The fourth-order valence-corrected chi connectivity index (χ4v) is 11.7. The largest absolute Gasteiger partial charge is 0.490 e. The van der Waals surface area contributed by atoms with Gasteiger partial charge in [0.25, 0.3) is 17.2 Å². The van der Waals surface area contributed by atoms with E-state index in [0.717, 1.165) is 27.6 Å². The number of rotatable bonds is 22. The summed E-state index contributed by atoms with van der Waals surface area (Å²) in [5, 5.41) is 42.9. The number of aliphatic hydroxyl groups is 1. The van der Waals surface area contributed by atoms with Crippen LogP contribution in [-0.2, 0) is 42.9 Å². The quantitative estimate of drug-likeness (QED) is 0.0160. The highest BCUT2D eigenvalue weighted by molar-refractivity contribution is 7.66. The number of aryl methyl sites for hydroxylation is 2. The van der Waals surface area contributed by atoms with E-state index in [0.29, 0.717) is 51.9 Å². The molecule has 2 aliphatic heterocycles.